The van der Waals surface area contributed by atoms with Gasteiger partial charge in [-0.15, -0.1) is 0 Å². The number of benzene rings is 1. The molecule has 1 fully saturated rings. The van der Waals surface area contributed by atoms with Gasteiger partial charge >= 0.3 is 11.8 Å². The highest BCUT2D eigenvalue weighted by Gasteiger charge is 2.35. The van der Waals surface area contributed by atoms with Gasteiger partial charge in [-0.25, -0.2) is 4.79 Å². The van der Waals surface area contributed by atoms with Gasteiger partial charge in [0.1, 0.15) is 11.6 Å². The first kappa shape index (κ1) is 24.5. The Hall–Kier alpha value is -2.75. The highest BCUT2D eigenvalue weighted by atomic mass is 19.1. The van der Waals surface area contributed by atoms with Gasteiger partial charge in [-0.05, 0) is 46.4 Å². The number of carbonyl (C=O) groups is 2. The number of piperazine rings is 1. The van der Waals surface area contributed by atoms with Crippen molar-refractivity contribution in [2.45, 2.75) is 58.2 Å². The van der Waals surface area contributed by atoms with Gasteiger partial charge in [0, 0.05) is 37.7 Å². The van der Waals surface area contributed by atoms with E-state index in [0.29, 0.717) is 25.2 Å². The van der Waals surface area contributed by atoms with E-state index in [2.05, 4.69) is 10.2 Å². The summed E-state index contributed by atoms with van der Waals surface area (Å²) in [4.78, 5) is 39.7. The number of nitrogens with one attached hydrogen (secondary N) is 1. The van der Waals surface area contributed by atoms with Crippen molar-refractivity contribution in [1.29, 1.82) is 0 Å². The number of nitrogens with zero attached hydrogens (tertiary/aromatic N) is 3. The number of carbonyl (C=O) groups excluding carboxylic acids is 2. The summed E-state index contributed by atoms with van der Waals surface area (Å²) in [6.07, 6.45) is -0.762. The molecule has 0 aliphatic carbocycles. The molecular weight excluding hydrogens is 407 g/mol. The molecular formula is C21H31FN4O5. The van der Waals surface area contributed by atoms with Gasteiger partial charge in [0.05, 0.1) is 4.92 Å². The van der Waals surface area contributed by atoms with Crippen molar-refractivity contribution in [1.82, 2.24) is 15.1 Å². The Morgan fingerprint density at radius 3 is 2.48 bits per heavy atom. The quantitative estimate of drug-likeness (QED) is 0.560. The Morgan fingerprint density at radius 2 is 1.97 bits per heavy atom. The van der Waals surface area contributed by atoms with Gasteiger partial charge < -0.3 is 19.9 Å². The Kier molecular flexibility index (Phi) is 7.58. The van der Waals surface area contributed by atoms with E-state index in [1.165, 1.54) is 6.07 Å². The molecule has 0 aromatic heterocycles. The lowest BCUT2D eigenvalue weighted by Gasteiger charge is -2.40. The summed E-state index contributed by atoms with van der Waals surface area (Å²) in [6.45, 7) is 10.5. The molecule has 0 spiro atoms. The lowest BCUT2D eigenvalue weighted by molar-refractivity contribution is -0.387. The molecule has 1 heterocycles. The van der Waals surface area contributed by atoms with E-state index < -0.39 is 40.1 Å². The molecule has 9 nitrogen and oxygen atoms in total. The molecule has 1 aliphatic heterocycles. The minimum atomic E-state index is -1.02. The zero-order valence-electron chi connectivity index (χ0n) is 18.8. The highest BCUT2D eigenvalue weighted by Crippen LogP contribution is 2.27. The predicted molar refractivity (Wildman–Crippen MR) is 113 cm³/mol. The van der Waals surface area contributed by atoms with Crippen LogP contribution in [0, 0.1) is 15.9 Å². The van der Waals surface area contributed by atoms with E-state index in [1.807, 2.05) is 14.0 Å². The van der Waals surface area contributed by atoms with Crippen molar-refractivity contribution in [2.75, 3.05) is 26.7 Å². The molecule has 1 aromatic carbocycles. The smallest absolute Gasteiger partial charge is 0.408 e. The Balaban J connectivity index is 2.32. The van der Waals surface area contributed by atoms with E-state index >= 15 is 0 Å². The minimum Gasteiger partial charge on any atom is -0.444 e. The third-order valence-electron chi connectivity index (χ3n) is 5.40. The van der Waals surface area contributed by atoms with Crippen LogP contribution >= 0.6 is 0 Å². The number of hydrogen-bond acceptors (Lipinski definition) is 6. The van der Waals surface area contributed by atoms with Crippen LogP contribution in [0.4, 0.5) is 14.9 Å². The number of ether oxygens (including phenoxy) is 1. The monoisotopic (exact) mass is 438 g/mol. The van der Waals surface area contributed by atoms with E-state index in [9.17, 15) is 24.1 Å². The van der Waals surface area contributed by atoms with E-state index in [-0.39, 0.29) is 11.9 Å². The molecule has 1 saturated heterocycles. The summed E-state index contributed by atoms with van der Waals surface area (Å²) in [7, 11) is 1.98. The first-order valence-corrected chi connectivity index (χ1v) is 10.2. The molecule has 1 N–H and O–H groups in total. The van der Waals surface area contributed by atoms with Crippen LogP contribution in [0.3, 0.4) is 0 Å². The average Bonchev–Trinajstić information content (AvgIpc) is 2.65. The summed E-state index contributed by atoms with van der Waals surface area (Å²) >= 11 is 0. The highest BCUT2D eigenvalue weighted by molar-refractivity contribution is 5.87. The van der Waals surface area contributed by atoms with E-state index in [4.69, 9.17) is 4.74 Å². The Morgan fingerprint density at radius 1 is 1.32 bits per heavy atom. The van der Waals surface area contributed by atoms with Crippen LogP contribution in [0.15, 0.2) is 18.2 Å². The largest absolute Gasteiger partial charge is 0.444 e. The van der Waals surface area contributed by atoms with Crippen LogP contribution in [0.1, 0.15) is 46.1 Å². The minimum absolute atomic E-state index is 0.145. The van der Waals surface area contributed by atoms with Gasteiger partial charge in [-0.1, -0.05) is 13.0 Å². The number of likely N-dealkylation sites (N-methyl/N-ethyl adjacent to an activating group) is 1. The Bertz CT molecular complexity index is 842. The second kappa shape index (κ2) is 9.59. The molecule has 172 valence electrons. The van der Waals surface area contributed by atoms with E-state index in [0.717, 1.165) is 12.1 Å². The molecule has 0 saturated carbocycles. The van der Waals surface area contributed by atoms with E-state index in [1.54, 1.807) is 32.6 Å². The first-order chi connectivity index (χ1) is 14.3. The lowest BCUT2D eigenvalue weighted by Crippen LogP contribution is -2.58. The van der Waals surface area contributed by atoms with Crippen LogP contribution < -0.4 is 5.32 Å². The van der Waals surface area contributed by atoms with Crippen LogP contribution in [-0.4, -0.2) is 71.1 Å². The normalized spacial score (nSPS) is 19.5. The standard InChI is InChI=1S/C21H31FN4O5/c1-13-12-25(10-9-24(13)6)19(27)18(23-20(28)31-21(3,4)5)14(2)15-7-8-17(26(29)30)16(22)11-15/h7-8,11,13-14,18H,9-10,12H2,1-6H3,(H,23,28)/t13-,14-,18+/m0/s1. The number of nitro benzene ring substituents is 1. The van der Waals surface area contributed by atoms with Crippen molar-refractivity contribution in [3.05, 3.63) is 39.7 Å². The summed E-state index contributed by atoms with van der Waals surface area (Å²) in [5.74, 6) is -1.95. The van der Waals surface area contributed by atoms with Crippen LogP contribution in [-0.2, 0) is 9.53 Å². The molecule has 1 aromatic rings. The molecule has 0 radical (unpaired) electrons. The molecule has 10 heteroatoms. The van der Waals surface area contributed by atoms with Crippen molar-refractivity contribution in [3.63, 3.8) is 0 Å². The predicted octanol–water partition coefficient (Wildman–Crippen LogP) is 2.89. The van der Waals surface area contributed by atoms with Crippen LogP contribution in [0.25, 0.3) is 0 Å². The molecule has 31 heavy (non-hydrogen) atoms. The van der Waals surface area contributed by atoms with Crippen molar-refractivity contribution in [2.24, 2.45) is 0 Å². The fourth-order valence-corrected chi connectivity index (χ4v) is 3.43. The molecule has 2 rings (SSSR count). The van der Waals surface area contributed by atoms with Gasteiger partial charge in [0.15, 0.2) is 0 Å². The first-order valence-electron chi connectivity index (χ1n) is 10.2. The van der Waals surface area contributed by atoms with Gasteiger partial charge in [0.25, 0.3) is 0 Å². The summed E-state index contributed by atoms with van der Waals surface area (Å²) < 4.78 is 19.5. The maximum atomic E-state index is 14.2. The van der Waals surface area contributed by atoms with Crippen molar-refractivity contribution >= 4 is 17.7 Å². The van der Waals surface area contributed by atoms with Gasteiger partial charge in [0.2, 0.25) is 11.7 Å². The lowest BCUT2D eigenvalue weighted by atomic mass is 9.91. The zero-order valence-corrected chi connectivity index (χ0v) is 18.8. The number of hydrogen-bond donors (Lipinski definition) is 1. The average molecular weight is 439 g/mol. The second-order valence-electron chi connectivity index (χ2n) is 8.99. The third-order valence-corrected chi connectivity index (χ3v) is 5.40. The van der Waals surface area contributed by atoms with Gasteiger partial charge in [-0.2, -0.15) is 4.39 Å². The number of nitro groups is 1. The van der Waals surface area contributed by atoms with Crippen molar-refractivity contribution in [3.8, 4) is 0 Å². The SMILES string of the molecule is C[C@@H](c1ccc([N+](=O)[O-])c(F)c1)[C@@H](NC(=O)OC(C)(C)C)C(=O)N1CCN(C)[C@@H](C)C1. The topological polar surface area (TPSA) is 105 Å². The fourth-order valence-electron chi connectivity index (χ4n) is 3.43. The molecule has 1 aliphatic rings. The fraction of sp³-hybridized carbons (Fsp3) is 0.619. The molecule has 2 amide bonds. The van der Waals surface area contributed by atoms with Gasteiger partial charge in [-0.3, -0.25) is 14.9 Å². The maximum absolute atomic E-state index is 14.2. The molecule has 3 atom stereocenters. The Labute approximate surface area is 181 Å². The van der Waals surface area contributed by atoms with Crippen LogP contribution in [0.2, 0.25) is 0 Å². The second-order valence-corrected chi connectivity index (χ2v) is 8.99. The number of halogens is 1. The maximum Gasteiger partial charge on any atom is 0.408 e. The summed E-state index contributed by atoms with van der Waals surface area (Å²) in [5, 5.41) is 13.5. The third kappa shape index (κ3) is 6.36. The number of amides is 2. The summed E-state index contributed by atoms with van der Waals surface area (Å²) in [6, 6.07) is 2.62. The number of rotatable bonds is 5. The van der Waals surface area contributed by atoms with Crippen molar-refractivity contribution < 1.29 is 23.6 Å². The number of alkyl carbamates (subject to hydrolysis) is 1. The zero-order chi connectivity index (χ0) is 23.5. The summed E-state index contributed by atoms with van der Waals surface area (Å²) in [5.41, 5.74) is -1.05. The van der Waals surface area contributed by atoms with Crippen LogP contribution in [0.5, 0.6) is 0 Å². The molecule has 0 bridgehead atoms. The molecule has 0 unspecified atom stereocenters.